The van der Waals surface area contributed by atoms with E-state index in [-0.39, 0.29) is 17.9 Å². The Hall–Kier alpha value is -3.95. The molecule has 0 aliphatic heterocycles. The molecular formula is C29H31N5O3S. The van der Waals surface area contributed by atoms with Crippen molar-refractivity contribution >= 4 is 21.5 Å². The number of nitrogens with one attached hydrogen (secondary N) is 3. The summed E-state index contributed by atoms with van der Waals surface area (Å²) >= 11 is 0. The van der Waals surface area contributed by atoms with Crippen LogP contribution in [0.2, 0.25) is 0 Å². The number of rotatable bonds is 12. The lowest BCUT2D eigenvalue weighted by atomic mass is 9.91. The van der Waals surface area contributed by atoms with E-state index in [4.69, 9.17) is 5.41 Å². The number of aromatic amines is 1. The Balaban J connectivity index is 1.57. The number of carbonyl (C=O) groups is 1. The minimum absolute atomic E-state index is 0.131. The Bertz CT molecular complexity index is 1480. The van der Waals surface area contributed by atoms with Crippen molar-refractivity contribution in [1.82, 2.24) is 19.7 Å². The van der Waals surface area contributed by atoms with Crippen LogP contribution in [0, 0.1) is 12.3 Å². The summed E-state index contributed by atoms with van der Waals surface area (Å²) in [4.78, 5) is 25.4. The fraction of sp³-hybridized carbons (Fsp3) is 0.241. The smallest absolute Gasteiger partial charge is 0.216 e. The summed E-state index contributed by atoms with van der Waals surface area (Å²) in [5.41, 5.74) is 3.89. The van der Waals surface area contributed by atoms with Gasteiger partial charge in [0.2, 0.25) is 10.0 Å². The molecule has 0 saturated heterocycles. The summed E-state index contributed by atoms with van der Waals surface area (Å²) in [5.74, 6) is -0.962. The molecular weight excluding hydrogens is 498 g/mol. The van der Waals surface area contributed by atoms with E-state index in [1.165, 1.54) is 0 Å². The fourth-order valence-corrected chi connectivity index (χ4v) is 5.62. The third-order valence-corrected chi connectivity index (χ3v) is 7.69. The zero-order chi connectivity index (χ0) is 27.1. The SMILES string of the molecule is CCC(C(=N)C(=O)C(Cc1ccccc1)NS(=O)(=O)Cc1ccc(C)cc1)c1ncc(-c2ccncc2)[nH]1. The lowest BCUT2D eigenvalue weighted by Gasteiger charge is -2.21. The van der Waals surface area contributed by atoms with Crippen LogP contribution in [0.3, 0.4) is 0 Å². The van der Waals surface area contributed by atoms with E-state index in [1.54, 1.807) is 30.7 Å². The number of sulfonamides is 1. The van der Waals surface area contributed by atoms with Crippen LogP contribution in [0.5, 0.6) is 0 Å². The molecule has 0 bridgehead atoms. The number of pyridine rings is 1. The molecule has 2 aromatic heterocycles. The Kier molecular flexibility index (Phi) is 8.60. The zero-order valence-electron chi connectivity index (χ0n) is 21.4. The van der Waals surface area contributed by atoms with Gasteiger partial charge >= 0.3 is 0 Å². The molecule has 4 aromatic rings. The monoisotopic (exact) mass is 529 g/mol. The highest BCUT2D eigenvalue weighted by molar-refractivity contribution is 7.88. The van der Waals surface area contributed by atoms with Gasteiger partial charge in [-0.2, -0.15) is 0 Å². The molecule has 196 valence electrons. The zero-order valence-corrected chi connectivity index (χ0v) is 22.2. The van der Waals surface area contributed by atoms with E-state index < -0.39 is 27.8 Å². The lowest BCUT2D eigenvalue weighted by Crippen LogP contribution is -2.46. The number of ketones is 1. The summed E-state index contributed by atoms with van der Waals surface area (Å²) in [5, 5.41) is 8.80. The van der Waals surface area contributed by atoms with Crippen LogP contribution in [0.1, 0.15) is 41.8 Å². The summed E-state index contributed by atoms with van der Waals surface area (Å²) in [7, 11) is -3.87. The van der Waals surface area contributed by atoms with Crippen molar-refractivity contribution < 1.29 is 13.2 Å². The number of imidazole rings is 1. The van der Waals surface area contributed by atoms with Gasteiger partial charge in [-0.15, -0.1) is 0 Å². The molecule has 0 aliphatic rings. The fourth-order valence-electron chi connectivity index (χ4n) is 4.29. The Labute approximate surface area is 223 Å². The first-order valence-electron chi connectivity index (χ1n) is 12.4. The van der Waals surface area contributed by atoms with E-state index in [1.807, 2.05) is 68.4 Å². The number of carbonyl (C=O) groups excluding carboxylic acids is 1. The molecule has 0 fully saturated rings. The quantitative estimate of drug-likeness (QED) is 0.231. The van der Waals surface area contributed by atoms with Gasteiger partial charge in [0.25, 0.3) is 0 Å². The number of benzene rings is 2. The first-order valence-corrected chi connectivity index (χ1v) is 14.1. The van der Waals surface area contributed by atoms with Crippen molar-refractivity contribution in [3.8, 4) is 11.3 Å². The second-order valence-corrected chi connectivity index (χ2v) is 11.0. The van der Waals surface area contributed by atoms with E-state index in [2.05, 4.69) is 19.7 Å². The van der Waals surface area contributed by atoms with Crippen molar-refractivity contribution in [2.24, 2.45) is 0 Å². The molecule has 0 saturated carbocycles. The number of hydrogen-bond acceptors (Lipinski definition) is 6. The van der Waals surface area contributed by atoms with Crippen LogP contribution in [0.25, 0.3) is 11.3 Å². The van der Waals surface area contributed by atoms with Crippen LogP contribution < -0.4 is 4.72 Å². The van der Waals surface area contributed by atoms with Gasteiger partial charge in [0.15, 0.2) is 5.78 Å². The molecule has 0 amide bonds. The van der Waals surface area contributed by atoms with Gasteiger partial charge in [0, 0.05) is 18.0 Å². The molecule has 2 atom stereocenters. The molecule has 4 rings (SSSR count). The Morgan fingerprint density at radius 3 is 2.34 bits per heavy atom. The van der Waals surface area contributed by atoms with Crippen LogP contribution in [-0.4, -0.2) is 40.9 Å². The van der Waals surface area contributed by atoms with Crippen LogP contribution >= 0.6 is 0 Å². The van der Waals surface area contributed by atoms with Gasteiger partial charge in [-0.25, -0.2) is 18.1 Å². The number of hydrogen-bond donors (Lipinski definition) is 3. The van der Waals surface area contributed by atoms with Crippen LogP contribution in [-0.2, 0) is 27.0 Å². The first-order chi connectivity index (χ1) is 18.3. The second kappa shape index (κ2) is 12.1. The van der Waals surface area contributed by atoms with Crippen molar-refractivity contribution in [2.45, 2.75) is 44.4 Å². The summed E-state index contributed by atoms with van der Waals surface area (Å²) in [6.45, 7) is 3.80. The molecule has 2 aromatic carbocycles. The maximum Gasteiger partial charge on any atom is 0.216 e. The number of H-pyrrole nitrogens is 1. The molecule has 2 unspecified atom stereocenters. The number of nitrogens with zero attached hydrogens (tertiary/aromatic N) is 2. The van der Waals surface area contributed by atoms with E-state index in [0.717, 1.165) is 22.4 Å². The standard InChI is InChI=1S/C29H31N5O3S/c1-3-24(29-32-18-26(33-29)23-13-15-31-16-14-23)27(30)28(35)25(17-21-7-5-4-6-8-21)34-38(36,37)19-22-11-9-20(2)10-12-22/h4-16,18,24-25,30,34H,3,17,19H2,1-2H3,(H,32,33). The summed E-state index contributed by atoms with van der Waals surface area (Å²) in [6.07, 6.45) is 5.59. The molecule has 38 heavy (non-hydrogen) atoms. The van der Waals surface area contributed by atoms with Crippen molar-refractivity contribution in [2.75, 3.05) is 0 Å². The molecule has 8 nitrogen and oxygen atoms in total. The maximum atomic E-state index is 13.7. The van der Waals surface area contributed by atoms with E-state index in [9.17, 15) is 13.2 Å². The Morgan fingerprint density at radius 2 is 1.68 bits per heavy atom. The Morgan fingerprint density at radius 1 is 1.00 bits per heavy atom. The highest BCUT2D eigenvalue weighted by atomic mass is 32.2. The molecule has 0 spiro atoms. The molecule has 0 radical (unpaired) electrons. The largest absolute Gasteiger partial charge is 0.341 e. The third kappa shape index (κ3) is 6.87. The lowest BCUT2D eigenvalue weighted by molar-refractivity contribution is -0.114. The topological polar surface area (TPSA) is 129 Å². The minimum Gasteiger partial charge on any atom is -0.341 e. The minimum atomic E-state index is -3.87. The second-order valence-electron chi connectivity index (χ2n) is 9.26. The average Bonchev–Trinajstić information content (AvgIpc) is 3.40. The van der Waals surface area contributed by atoms with Gasteiger partial charge in [0.1, 0.15) is 5.82 Å². The predicted octanol–water partition coefficient (Wildman–Crippen LogP) is 4.59. The van der Waals surface area contributed by atoms with Gasteiger partial charge in [-0.05, 0) is 43.0 Å². The number of aryl methyl sites for hydroxylation is 1. The summed E-state index contributed by atoms with van der Waals surface area (Å²) < 4.78 is 28.8. The van der Waals surface area contributed by atoms with E-state index >= 15 is 0 Å². The predicted molar refractivity (Wildman–Crippen MR) is 148 cm³/mol. The highest BCUT2D eigenvalue weighted by Crippen LogP contribution is 2.24. The van der Waals surface area contributed by atoms with Crippen LogP contribution in [0.15, 0.2) is 85.3 Å². The maximum absolute atomic E-state index is 13.7. The molecule has 0 aliphatic carbocycles. The number of Topliss-reactive ketones (excluding diaryl/α,β-unsaturated/α-hetero) is 1. The average molecular weight is 530 g/mol. The third-order valence-electron chi connectivity index (χ3n) is 6.34. The van der Waals surface area contributed by atoms with Crippen molar-refractivity contribution in [1.29, 1.82) is 5.41 Å². The summed E-state index contributed by atoms with van der Waals surface area (Å²) in [6, 6.07) is 19.0. The number of aromatic nitrogens is 3. The van der Waals surface area contributed by atoms with E-state index in [0.29, 0.717) is 17.8 Å². The van der Waals surface area contributed by atoms with Crippen molar-refractivity contribution in [3.05, 3.63) is 108 Å². The van der Waals surface area contributed by atoms with Crippen molar-refractivity contribution in [3.63, 3.8) is 0 Å². The molecule has 3 N–H and O–H groups in total. The molecule has 2 heterocycles. The van der Waals surface area contributed by atoms with Crippen LogP contribution in [0.4, 0.5) is 0 Å². The van der Waals surface area contributed by atoms with Gasteiger partial charge in [0.05, 0.1) is 35.3 Å². The highest BCUT2D eigenvalue weighted by Gasteiger charge is 2.32. The molecule has 9 heteroatoms. The van der Waals surface area contributed by atoms with Gasteiger partial charge in [-0.1, -0.05) is 67.1 Å². The van der Waals surface area contributed by atoms with Gasteiger partial charge < -0.3 is 10.4 Å². The normalized spacial score (nSPS) is 13.1. The first kappa shape index (κ1) is 27.1. The van der Waals surface area contributed by atoms with Gasteiger partial charge in [-0.3, -0.25) is 9.78 Å².